The van der Waals surface area contributed by atoms with Crippen LogP contribution in [0, 0.1) is 5.41 Å². The van der Waals surface area contributed by atoms with Crippen LogP contribution in [0.5, 0.6) is 5.75 Å². The first-order chi connectivity index (χ1) is 7.98. The van der Waals surface area contributed by atoms with E-state index in [1.54, 1.807) is 7.11 Å². The Bertz CT molecular complexity index is 378. The van der Waals surface area contributed by atoms with Crippen LogP contribution in [0.15, 0.2) is 22.7 Å². The topological polar surface area (TPSA) is 55.5 Å². The number of hydrogen-bond acceptors (Lipinski definition) is 3. The number of ether oxygens (including phenoxy) is 1. The fraction of sp³-hybridized carbons (Fsp3) is 0.538. The fourth-order valence-electron chi connectivity index (χ4n) is 1.68. The lowest BCUT2D eigenvalue weighted by Gasteiger charge is -2.33. The van der Waals surface area contributed by atoms with Gasteiger partial charge in [0.25, 0.3) is 0 Å². The third-order valence-electron chi connectivity index (χ3n) is 3.43. The summed E-state index contributed by atoms with van der Waals surface area (Å²) in [4.78, 5) is 0. The minimum absolute atomic E-state index is 0.325. The van der Waals surface area contributed by atoms with E-state index in [1.165, 1.54) is 0 Å². The van der Waals surface area contributed by atoms with Gasteiger partial charge in [-0.2, -0.15) is 0 Å². The standard InChI is InChI=1S/C13H20BrNO2/c1-4-13(2,8-15)12(16)10-7-9(17-3)5-6-11(10)14/h5-7,12,16H,4,8,15H2,1-3H3. The van der Waals surface area contributed by atoms with E-state index >= 15 is 0 Å². The Hall–Kier alpha value is -0.580. The Morgan fingerprint density at radius 2 is 2.18 bits per heavy atom. The molecule has 0 aromatic heterocycles. The molecule has 0 radical (unpaired) electrons. The molecule has 0 aliphatic rings. The van der Waals surface area contributed by atoms with Crippen molar-refractivity contribution in [3.63, 3.8) is 0 Å². The molecule has 0 saturated heterocycles. The quantitative estimate of drug-likeness (QED) is 0.879. The minimum atomic E-state index is -0.609. The molecule has 0 spiro atoms. The Labute approximate surface area is 111 Å². The highest BCUT2D eigenvalue weighted by molar-refractivity contribution is 9.10. The van der Waals surface area contributed by atoms with Crippen LogP contribution in [-0.2, 0) is 0 Å². The predicted molar refractivity (Wildman–Crippen MR) is 73.1 cm³/mol. The highest BCUT2D eigenvalue weighted by Gasteiger charge is 2.32. The number of hydrogen-bond donors (Lipinski definition) is 2. The van der Waals surface area contributed by atoms with Gasteiger partial charge in [0.15, 0.2) is 0 Å². The van der Waals surface area contributed by atoms with E-state index in [4.69, 9.17) is 10.5 Å². The lowest BCUT2D eigenvalue weighted by atomic mass is 9.78. The van der Waals surface area contributed by atoms with Gasteiger partial charge in [-0.05, 0) is 30.2 Å². The van der Waals surface area contributed by atoms with Crippen molar-refractivity contribution in [3.8, 4) is 5.75 Å². The van der Waals surface area contributed by atoms with Gasteiger partial charge >= 0.3 is 0 Å². The molecule has 17 heavy (non-hydrogen) atoms. The zero-order valence-corrected chi connectivity index (χ0v) is 12.1. The van der Waals surface area contributed by atoms with E-state index in [-0.39, 0.29) is 5.41 Å². The van der Waals surface area contributed by atoms with Crippen LogP contribution in [0.25, 0.3) is 0 Å². The molecule has 4 heteroatoms. The van der Waals surface area contributed by atoms with Crippen molar-refractivity contribution in [2.24, 2.45) is 11.1 Å². The molecule has 2 unspecified atom stereocenters. The SMILES string of the molecule is CCC(C)(CN)C(O)c1cc(OC)ccc1Br. The van der Waals surface area contributed by atoms with E-state index in [0.717, 1.165) is 22.2 Å². The number of aliphatic hydroxyl groups is 1. The molecule has 0 fully saturated rings. The van der Waals surface area contributed by atoms with Crippen molar-refractivity contribution in [1.82, 2.24) is 0 Å². The number of aliphatic hydroxyl groups excluding tert-OH is 1. The number of halogens is 1. The molecule has 0 amide bonds. The van der Waals surface area contributed by atoms with E-state index in [9.17, 15) is 5.11 Å². The number of nitrogens with two attached hydrogens (primary N) is 1. The van der Waals surface area contributed by atoms with Gasteiger partial charge in [-0.3, -0.25) is 0 Å². The molecule has 0 aliphatic heterocycles. The summed E-state index contributed by atoms with van der Waals surface area (Å²) in [6.45, 7) is 4.46. The molecule has 0 heterocycles. The molecule has 96 valence electrons. The van der Waals surface area contributed by atoms with Crippen LogP contribution in [-0.4, -0.2) is 18.8 Å². The summed E-state index contributed by atoms with van der Waals surface area (Å²) in [6.07, 6.45) is 0.205. The van der Waals surface area contributed by atoms with Crippen LogP contribution in [0.3, 0.4) is 0 Å². The third-order valence-corrected chi connectivity index (χ3v) is 4.15. The van der Waals surface area contributed by atoms with Crippen LogP contribution in [0.2, 0.25) is 0 Å². The molecular formula is C13H20BrNO2. The van der Waals surface area contributed by atoms with Crippen LogP contribution in [0.1, 0.15) is 31.9 Å². The lowest BCUT2D eigenvalue weighted by Crippen LogP contribution is -2.33. The molecule has 3 N–H and O–H groups in total. The highest BCUT2D eigenvalue weighted by Crippen LogP contribution is 2.39. The smallest absolute Gasteiger partial charge is 0.119 e. The average Bonchev–Trinajstić information content (AvgIpc) is 2.37. The summed E-state index contributed by atoms with van der Waals surface area (Å²) < 4.78 is 6.05. The van der Waals surface area contributed by atoms with Gasteiger partial charge in [-0.1, -0.05) is 29.8 Å². The Balaban J connectivity index is 3.14. The molecule has 1 aromatic carbocycles. The van der Waals surface area contributed by atoms with Crippen molar-refractivity contribution in [3.05, 3.63) is 28.2 Å². The minimum Gasteiger partial charge on any atom is -0.497 e. The molecule has 0 bridgehead atoms. The predicted octanol–water partition coefficient (Wildman–Crippen LogP) is 2.87. The van der Waals surface area contributed by atoms with Gasteiger partial charge in [0.1, 0.15) is 5.75 Å². The zero-order valence-electron chi connectivity index (χ0n) is 10.5. The van der Waals surface area contributed by atoms with Gasteiger partial charge in [0.2, 0.25) is 0 Å². The lowest BCUT2D eigenvalue weighted by molar-refractivity contribution is 0.0384. The summed E-state index contributed by atoms with van der Waals surface area (Å²) in [5.41, 5.74) is 6.26. The zero-order chi connectivity index (χ0) is 13.1. The summed E-state index contributed by atoms with van der Waals surface area (Å²) in [5, 5.41) is 10.5. The monoisotopic (exact) mass is 301 g/mol. The van der Waals surface area contributed by atoms with Crippen molar-refractivity contribution in [2.75, 3.05) is 13.7 Å². The normalized spacial score (nSPS) is 16.4. The highest BCUT2D eigenvalue weighted by atomic mass is 79.9. The second kappa shape index (κ2) is 5.85. The van der Waals surface area contributed by atoms with E-state index < -0.39 is 6.10 Å². The first-order valence-electron chi connectivity index (χ1n) is 5.70. The molecule has 2 atom stereocenters. The average molecular weight is 302 g/mol. The first-order valence-corrected chi connectivity index (χ1v) is 6.49. The maximum absolute atomic E-state index is 10.5. The molecule has 3 nitrogen and oxygen atoms in total. The van der Waals surface area contributed by atoms with Crippen molar-refractivity contribution in [1.29, 1.82) is 0 Å². The molecule has 1 rings (SSSR count). The number of methoxy groups -OCH3 is 1. The van der Waals surface area contributed by atoms with E-state index in [1.807, 2.05) is 32.0 Å². The van der Waals surface area contributed by atoms with Crippen molar-refractivity contribution in [2.45, 2.75) is 26.4 Å². The van der Waals surface area contributed by atoms with Crippen LogP contribution >= 0.6 is 15.9 Å². The van der Waals surface area contributed by atoms with Gasteiger partial charge in [0, 0.05) is 16.4 Å². The van der Waals surface area contributed by atoms with Gasteiger partial charge in [-0.25, -0.2) is 0 Å². The summed E-state index contributed by atoms with van der Waals surface area (Å²) in [5.74, 6) is 0.734. The van der Waals surface area contributed by atoms with Gasteiger partial charge in [-0.15, -0.1) is 0 Å². The molecule has 0 aliphatic carbocycles. The largest absolute Gasteiger partial charge is 0.497 e. The van der Waals surface area contributed by atoms with Crippen LogP contribution < -0.4 is 10.5 Å². The second-order valence-electron chi connectivity index (χ2n) is 4.50. The summed E-state index contributed by atoms with van der Waals surface area (Å²) >= 11 is 3.45. The van der Waals surface area contributed by atoms with E-state index in [2.05, 4.69) is 15.9 Å². The third kappa shape index (κ3) is 3.00. The van der Waals surface area contributed by atoms with Crippen molar-refractivity contribution < 1.29 is 9.84 Å². The van der Waals surface area contributed by atoms with Crippen LogP contribution in [0.4, 0.5) is 0 Å². The molecular weight excluding hydrogens is 282 g/mol. The molecule has 0 saturated carbocycles. The first kappa shape index (κ1) is 14.5. The number of rotatable bonds is 5. The van der Waals surface area contributed by atoms with Crippen molar-refractivity contribution >= 4 is 15.9 Å². The number of benzene rings is 1. The van der Waals surface area contributed by atoms with Gasteiger partial charge in [0.05, 0.1) is 13.2 Å². The maximum atomic E-state index is 10.5. The Morgan fingerprint density at radius 3 is 2.65 bits per heavy atom. The maximum Gasteiger partial charge on any atom is 0.119 e. The fourth-order valence-corrected chi connectivity index (χ4v) is 2.15. The summed E-state index contributed by atoms with van der Waals surface area (Å²) in [6, 6.07) is 5.58. The second-order valence-corrected chi connectivity index (χ2v) is 5.36. The molecule has 1 aromatic rings. The Kier molecular flexibility index (Phi) is 4.98. The van der Waals surface area contributed by atoms with Gasteiger partial charge < -0.3 is 15.6 Å². The van der Waals surface area contributed by atoms with E-state index in [0.29, 0.717) is 6.54 Å². The summed E-state index contributed by atoms with van der Waals surface area (Å²) in [7, 11) is 1.61. The Morgan fingerprint density at radius 1 is 1.53 bits per heavy atom.